The molecule has 1 rings (SSSR count). The molecule has 1 heteroatoms. The number of hydrogen-bond donors (Lipinski definition) is 0. The molecule has 0 N–H and O–H groups in total. The second kappa shape index (κ2) is 6.71. The Hall–Kier alpha value is 0.0187. The molecule has 0 spiro atoms. The first kappa shape index (κ1) is 11.0. The zero-order valence-corrected chi connectivity index (χ0v) is 10.7. The van der Waals surface area contributed by atoms with Crippen molar-refractivity contribution in [2.24, 2.45) is 0 Å². The molecule has 1 aromatic rings. The summed E-state index contributed by atoms with van der Waals surface area (Å²) < 4.78 is 0. The summed E-state index contributed by atoms with van der Waals surface area (Å²) in [6, 6.07) is 10.3. The van der Waals surface area contributed by atoms with E-state index in [9.17, 15) is 0 Å². The van der Waals surface area contributed by atoms with Crippen LogP contribution in [0.15, 0.2) is 30.3 Å². The van der Waals surface area contributed by atoms with Gasteiger partial charge in [-0.05, 0) is 6.92 Å². The summed E-state index contributed by atoms with van der Waals surface area (Å²) in [7, 11) is 0. The van der Waals surface area contributed by atoms with Crippen LogP contribution < -0.4 is 0 Å². The fraction of sp³-hybridized carbons (Fsp3) is 0.400. The Kier molecular flexibility index (Phi) is 6.72. The molecule has 1 radical (unpaired) electrons. The molecule has 0 saturated heterocycles. The zero-order valence-electron chi connectivity index (χ0n) is 7.89. The van der Waals surface area contributed by atoms with E-state index in [4.69, 9.17) is 0 Å². The van der Waals surface area contributed by atoms with Crippen molar-refractivity contribution in [1.29, 1.82) is 0 Å². The molecule has 0 aliphatic rings. The van der Waals surface area contributed by atoms with Crippen LogP contribution in [0.5, 0.6) is 0 Å². The van der Waals surface area contributed by atoms with Gasteiger partial charge in [0.2, 0.25) is 0 Å². The van der Waals surface area contributed by atoms with Crippen LogP contribution in [0.2, 0.25) is 14.8 Å². The van der Waals surface area contributed by atoms with Crippen LogP contribution in [0.3, 0.4) is 0 Å². The molecular weight excluding hydrogens is 239 g/mol. The summed E-state index contributed by atoms with van der Waals surface area (Å²) in [6.45, 7) is 2.08. The van der Waals surface area contributed by atoms with Gasteiger partial charge in [0.1, 0.15) is 0 Å². The van der Waals surface area contributed by atoms with Crippen molar-refractivity contribution in [2.75, 3.05) is 0 Å². The van der Waals surface area contributed by atoms with Crippen LogP contribution in [0.25, 0.3) is 0 Å². The summed E-state index contributed by atoms with van der Waals surface area (Å²) in [5.41, 5.74) is 1.32. The van der Waals surface area contributed by atoms with Crippen LogP contribution in [0.1, 0.15) is 5.56 Å². The van der Waals surface area contributed by atoms with Crippen molar-refractivity contribution in [3.63, 3.8) is 0 Å². The quantitative estimate of drug-likeness (QED) is 0.624. The maximum absolute atomic E-state index is 2.36. The molecule has 0 amide bonds. The van der Waals surface area contributed by atoms with E-state index in [0.29, 0.717) is 0 Å². The van der Waals surface area contributed by atoms with Crippen molar-refractivity contribution in [3.05, 3.63) is 35.9 Å². The van der Waals surface area contributed by atoms with Crippen LogP contribution in [-0.2, 0) is 0 Å². The first-order valence-electron chi connectivity index (χ1n) is 3.91. The van der Waals surface area contributed by atoms with Gasteiger partial charge >= 0.3 is 34.6 Å². The Labute approximate surface area is 77.4 Å². The average Bonchev–Trinajstić information content (AvgIpc) is 1.87. The van der Waals surface area contributed by atoms with Crippen LogP contribution in [0.4, 0.5) is 0 Å². The van der Waals surface area contributed by atoms with Crippen molar-refractivity contribution < 1.29 is 0 Å². The molecule has 0 saturated carbocycles. The number of benzene rings is 1. The molecule has 0 unspecified atom stereocenters. The van der Waals surface area contributed by atoms with Gasteiger partial charge in [-0.15, -0.1) is 0 Å². The Bertz CT molecular complexity index is 165. The van der Waals surface area contributed by atoms with Gasteiger partial charge in [-0.2, -0.15) is 0 Å². The summed E-state index contributed by atoms with van der Waals surface area (Å²) in [5, 5.41) is 0. The van der Waals surface area contributed by atoms with Crippen molar-refractivity contribution in [2.45, 2.75) is 21.7 Å². The zero-order chi connectivity index (χ0) is 8.69. The van der Waals surface area contributed by atoms with E-state index in [1.807, 2.05) is 18.2 Å². The van der Waals surface area contributed by atoms with Crippen molar-refractivity contribution in [3.8, 4) is 0 Å². The molecule has 0 aromatic heterocycles. The molecule has 0 nitrogen and oxygen atoms in total. The molecule has 61 valence electrons. The summed E-state index contributed by atoms with van der Waals surface area (Å²) in [6.07, 6.45) is 0. The standard InChI is InChI=1S/C7H8.3CH3.Sn/c1-7-5-3-2-4-6-7;;;;/h2-6H,1H3;3*1H3;. The maximum atomic E-state index is 2.36. The first-order chi connectivity index (χ1) is 5.13. The van der Waals surface area contributed by atoms with Crippen LogP contribution >= 0.6 is 0 Å². The van der Waals surface area contributed by atoms with E-state index in [2.05, 4.69) is 33.9 Å². The second-order valence-corrected chi connectivity index (χ2v) is 11.7. The number of rotatable bonds is 0. The van der Waals surface area contributed by atoms with Crippen LogP contribution in [-0.4, -0.2) is 19.8 Å². The minimum absolute atomic E-state index is 0.543. The number of hydrogen-bond acceptors (Lipinski definition) is 0. The molecule has 0 heterocycles. The molecule has 0 bridgehead atoms. The fourth-order valence-electron chi connectivity index (χ4n) is 0.534. The summed E-state index contributed by atoms with van der Waals surface area (Å²) in [4.78, 5) is 7.09. The second-order valence-electron chi connectivity index (χ2n) is 3.15. The van der Waals surface area contributed by atoms with E-state index in [1.165, 1.54) is 5.56 Å². The fourth-order valence-corrected chi connectivity index (χ4v) is 0.534. The van der Waals surface area contributed by atoms with Crippen LogP contribution in [0, 0.1) is 6.92 Å². The van der Waals surface area contributed by atoms with Gasteiger partial charge in [-0.3, -0.25) is 0 Å². The van der Waals surface area contributed by atoms with Gasteiger partial charge in [0.05, 0.1) is 0 Å². The molecule has 1 aromatic carbocycles. The van der Waals surface area contributed by atoms with E-state index in [-0.39, 0.29) is 0 Å². The molecule has 0 fully saturated rings. The van der Waals surface area contributed by atoms with Gasteiger partial charge in [0.15, 0.2) is 0 Å². The minimum atomic E-state index is -0.543. The summed E-state index contributed by atoms with van der Waals surface area (Å²) in [5.74, 6) is 0. The SMILES string of the molecule is Cc1ccccc1.[CH3][Sn]([CH3])[CH3]. The van der Waals surface area contributed by atoms with Crippen molar-refractivity contribution in [1.82, 2.24) is 0 Å². The topological polar surface area (TPSA) is 0 Å². The number of aryl methyl sites for hydroxylation is 1. The average molecular weight is 256 g/mol. The molecular formula is C10H17Sn. The third kappa shape index (κ3) is 10.0. The monoisotopic (exact) mass is 257 g/mol. The first-order valence-corrected chi connectivity index (χ1v) is 12.5. The van der Waals surface area contributed by atoms with Gasteiger partial charge in [-0.25, -0.2) is 0 Å². The Morgan fingerprint density at radius 1 is 0.909 bits per heavy atom. The Morgan fingerprint density at radius 2 is 1.27 bits per heavy atom. The van der Waals surface area contributed by atoms with Gasteiger partial charge in [0, 0.05) is 0 Å². The summed E-state index contributed by atoms with van der Waals surface area (Å²) >= 11 is -0.543. The molecule has 0 atom stereocenters. The van der Waals surface area contributed by atoms with E-state index < -0.39 is 19.8 Å². The van der Waals surface area contributed by atoms with Gasteiger partial charge in [0.25, 0.3) is 0 Å². The third-order valence-electron chi connectivity index (χ3n) is 0.940. The van der Waals surface area contributed by atoms with E-state index in [0.717, 1.165) is 0 Å². The van der Waals surface area contributed by atoms with Gasteiger partial charge < -0.3 is 0 Å². The normalized spacial score (nSPS) is 8.82. The Morgan fingerprint density at radius 3 is 1.45 bits per heavy atom. The third-order valence-corrected chi connectivity index (χ3v) is 0.940. The van der Waals surface area contributed by atoms with Crippen molar-refractivity contribution >= 4 is 19.8 Å². The van der Waals surface area contributed by atoms with Gasteiger partial charge in [-0.1, -0.05) is 35.9 Å². The predicted molar refractivity (Wildman–Crippen MR) is 54.5 cm³/mol. The Balaban J connectivity index is 0.000000218. The molecule has 0 aliphatic heterocycles. The van der Waals surface area contributed by atoms with E-state index in [1.54, 1.807) is 0 Å². The predicted octanol–water partition coefficient (Wildman–Crippen LogP) is 3.37. The molecule has 0 aliphatic carbocycles. The van der Waals surface area contributed by atoms with E-state index >= 15 is 0 Å². The molecule has 11 heavy (non-hydrogen) atoms.